The van der Waals surface area contributed by atoms with Gasteiger partial charge in [-0.15, -0.1) is 0 Å². The van der Waals surface area contributed by atoms with E-state index in [9.17, 15) is 8.22 Å². The quantitative estimate of drug-likeness (QED) is 0.141. The van der Waals surface area contributed by atoms with Crippen LogP contribution in [0.5, 0.6) is 0 Å². The monoisotopic (exact) mass is 1290 g/mol. The second-order valence-corrected chi connectivity index (χ2v) is 31.1. The second-order valence-electron chi connectivity index (χ2n) is 31.1. The van der Waals surface area contributed by atoms with Crippen molar-refractivity contribution in [3.63, 3.8) is 0 Å². The third-order valence-corrected chi connectivity index (χ3v) is 20.6. The van der Waals surface area contributed by atoms with Crippen LogP contribution >= 0.6 is 0 Å². The van der Waals surface area contributed by atoms with E-state index in [1.54, 1.807) is 0 Å². The summed E-state index contributed by atoms with van der Waals surface area (Å²) in [6.07, 6.45) is 0. The lowest BCUT2D eigenvalue weighted by Crippen LogP contribution is -2.61. The van der Waals surface area contributed by atoms with E-state index in [1.807, 2.05) is 42.5 Å². The number of hydrogen-bond acceptors (Lipinski definition) is 2. The molecule has 482 valence electrons. The molecular formula is C94H83BN4. The van der Waals surface area contributed by atoms with Crippen molar-refractivity contribution in [1.29, 1.82) is 0 Å². The maximum absolute atomic E-state index is 9.94. The molecule has 2 aliphatic heterocycles. The average Bonchev–Trinajstić information content (AvgIpc) is 1.40. The summed E-state index contributed by atoms with van der Waals surface area (Å²) in [5.74, 6) is 0. The summed E-state index contributed by atoms with van der Waals surface area (Å²) in [5.41, 5.74) is 21.6. The van der Waals surface area contributed by atoms with Gasteiger partial charge in [0.05, 0.1) is 47.1 Å². The fourth-order valence-corrected chi connectivity index (χ4v) is 15.4. The van der Waals surface area contributed by atoms with Gasteiger partial charge in [-0.3, -0.25) is 0 Å². The van der Waals surface area contributed by atoms with Crippen LogP contribution in [0.3, 0.4) is 0 Å². The van der Waals surface area contributed by atoms with Crippen LogP contribution in [-0.4, -0.2) is 15.8 Å². The highest BCUT2D eigenvalue weighted by molar-refractivity contribution is 7.00. The van der Waals surface area contributed by atoms with Crippen molar-refractivity contribution in [3.05, 3.63) is 307 Å². The number of benzene rings is 13. The molecule has 0 saturated carbocycles. The van der Waals surface area contributed by atoms with Crippen LogP contribution in [-0.2, 0) is 21.7 Å². The third-order valence-electron chi connectivity index (χ3n) is 20.6. The minimum absolute atomic E-state index is 0.0174. The molecular weight excluding hydrogens is 1200 g/mol. The van der Waals surface area contributed by atoms with Crippen LogP contribution in [0.1, 0.15) is 119 Å². The van der Waals surface area contributed by atoms with Gasteiger partial charge in [-0.1, -0.05) is 283 Å². The Morgan fingerprint density at radius 1 is 0.273 bits per heavy atom. The normalized spacial score (nSPS) is 14.6. The van der Waals surface area contributed by atoms with E-state index < -0.39 is 48.4 Å². The van der Waals surface area contributed by atoms with Crippen molar-refractivity contribution in [2.75, 3.05) is 9.80 Å². The van der Waals surface area contributed by atoms with Gasteiger partial charge >= 0.3 is 0 Å². The number of hydrogen-bond donors (Lipinski definition) is 0. The lowest BCUT2D eigenvalue weighted by atomic mass is 9.33. The van der Waals surface area contributed by atoms with Gasteiger partial charge in [-0.2, -0.15) is 0 Å². The lowest BCUT2D eigenvalue weighted by Gasteiger charge is -2.45. The first kappa shape index (κ1) is 51.4. The lowest BCUT2D eigenvalue weighted by molar-refractivity contribution is 0.590. The van der Waals surface area contributed by atoms with Gasteiger partial charge in [0.15, 0.2) is 0 Å². The summed E-state index contributed by atoms with van der Waals surface area (Å²) in [5, 5.41) is 4.34. The molecule has 0 unspecified atom stereocenters. The summed E-state index contributed by atoms with van der Waals surface area (Å²) in [7, 11) is 0. The maximum Gasteiger partial charge on any atom is 0.252 e. The highest BCUT2D eigenvalue weighted by Crippen LogP contribution is 2.52. The molecule has 0 radical (unpaired) electrons. The van der Waals surface area contributed by atoms with Crippen LogP contribution in [0.15, 0.2) is 285 Å². The SMILES string of the molecule is [2H]c1c([2H])c([2H])c(-c2ccc3c(c2)N(c2cc(-c4ccccc4)cc(C(C)(C)C)c2)c2cc(-c4c([2H])c([2H])c([2H])c([2H])c4[2H])cc4c2B3c2ccc(-c3cccc(C(C)(C)C)c3)cc2N4c2cccc3c4cccc(-n5c6ccc(C(C)(C)C)cc6c6cc(C(C)(C)C)ccc65)c4n(-c4ccccc4)c23)c([2H])c1[2H]. The number of nitrogens with zero attached hydrogens (tertiary/aromatic N) is 4. The molecule has 17 rings (SSSR count). The Balaban J connectivity index is 1.05. The average molecular weight is 1290 g/mol. The zero-order valence-electron chi connectivity index (χ0n) is 68.2. The van der Waals surface area contributed by atoms with Crippen molar-refractivity contribution >= 4 is 101 Å². The summed E-state index contributed by atoms with van der Waals surface area (Å²) in [4.78, 5) is 4.57. The van der Waals surface area contributed by atoms with Crippen molar-refractivity contribution in [3.8, 4) is 55.9 Å². The number of fused-ring (bicyclic) bond motifs is 10. The zero-order chi connectivity index (χ0) is 76.7. The van der Waals surface area contributed by atoms with Gasteiger partial charge in [-0.25, -0.2) is 0 Å². The largest absolute Gasteiger partial charge is 0.311 e. The first-order chi connectivity index (χ1) is 51.8. The van der Waals surface area contributed by atoms with E-state index >= 15 is 0 Å². The molecule has 2 aromatic heterocycles. The molecule has 4 nitrogen and oxygen atoms in total. The fraction of sp³-hybridized carbons (Fsp3) is 0.170. The van der Waals surface area contributed by atoms with Gasteiger partial charge in [-0.05, 0) is 190 Å². The molecule has 0 aliphatic carbocycles. The predicted octanol–water partition coefficient (Wildman–Crippen LogP) is 23.8. The molecule has 99 heavy (non-hydrogen) atoms. The van der Waals surface area contributed by atoms with Crippen molar-refractivity contribution in [1.82, 2.24) is 9.13 Å². The molecule has 0 amide bonds. The Labute approximate surface area is 598 Å². The van der Waals surface area contributed by atoms with Crippen molar-refractivity contribution < 1.29 is 13.7 Å². The first-order valence-corrected chi connectivity index (χ1v) is 34.5. The van der Waals surface area contributed by atoms with Crippen LogP contribution in [0.2, 0.25) is 0 Å². The molecule has 4 heterocycles. The van der Waals surface area contributed by atoms with Crippen LogP contribution in [0, 0.1) is 0 Å². The third kappa shape index (κ3) is 10.3. The minimum Gasteiger partial charge on any atom is -0.311 e. The molecule has 0 N–H and O–H groups in total. The maximum atomic E-state index is 9.94. The smallest absolute Gasteiger partial charge is 0.252 e. The standard InChI is InChI=1S/C94H83BN4/c1-91(2,3)68-35-25-34-63(50-68)65-43-47-79-85(54-65)99(83-41-27-39-75-74-38-26-40-82(89(74)97(90(75)83)72-36-23-16-24-37-72)98-80-48-44-69(92(4,5)6)58-76(80)77-59-70(93(7,8)9)45-49-81(77)98)87-56-67(62-32-21-15-22-33-62)55-86-88(87)95(79)78-46-42-64(60-28-17-13-18-29-60)53-84(78)96(86)73-52-66(61-30-19-14-20-31-61)51-71(57-73)94(10,11)12/h13-59H,1-12H3/i13D,15D,17D,18D,21D,22D,28D,29D,32D,33D. The summed E-state index contributed by atoms with van der Waals surface area (Å²) in [6, 6.07) is 75.8. The van der Waals surface area contributed by atoms with Gasteiger partial charge in [0.1, 0.15) is 0 Å². The van der Waals surface area contributed by atoms with Crippen molar-refractivity contribution in [2.24, 2.45) is 0 Å². The molecule has 15 aromatic rings. The zero-order valence-corrected chi connectivity index (χ0v) is 58.2. The fourth-order valence-electron chi connectivity index (χ4n) is 15.4. The van der Waals surface area contributed by atoms with Crippen molar-refractivity contribution in [2.45, 2.75) is 105 Å². The summed E-state index contributed by atoms with van der Waals surface area (Å²) < 4.78 is 98.2. The summed E-state index contributed by atoms with van der Waals surface area (Å²) in [6.45, 7) is 26.3. The van der Waals surface area contributed by atoms with E-state index in [1.165, 1.54) is 27.5 Å². The Bertz CT molecular complexity index is 6240. The van der Waals surface area contributed by atoms with Gasteiger partial charge in [0, 0.05) is 55.7 Å². The number of aromatic nitrogens is 2. The molecule has 0 spiro atoms. The number of rotatable bonds is 8. The molecule has 2 aliphatic rings. The van der Waals surface area contributed by atoms with Crippen LogP contribution in [0.25, 0.3) is 99.5 Å². The van der Waals surface area contributed by atoms with Gasteiger partial charge in [0.25, 0.3) is 6.71 Å². The highest BCUT2D eigenvalue weighted by Gasteiger charge is 2.45. The highest BCUT2D eigenvalue weighted by atomic mass is 15.2. The predicted molar refractivity (Wildman–Crippen MR) is 426 cm³/mol. The number of anilines is 6. The Morgan fingerprint density at radius 2 is 0.717 bits per heavy atom. The van der Waals surface area contributed by atoms with E-state index in [2.05, 4.69) is 284 Å². The Kier molecular flexibility index (Phi) is 11.9. The molecule has 0 saturated heterocycles. The van der Waals surface area contributed by atoms with Gasteiger partial charge in [0.2, 0.25) is 0 Å². The van der Waals surface area contributed by atoms with E-state index in [-0.39, 0.29) is 51.5 Å². The molecule has 0 bridgehead atoms. The van der Waals surface area contributed by atoms with Gasteiger partial charge < -0.3 is 18.9 Å². The topological polar surface area (TPSA) is 16.3 Å². The molecule has 0 atom stereocenters. The van der Waals surface area contributed by atoms with Crippen LogP contribution < -0.4 is 26.2 Å². The van der Waals surface area contributed by atoms with E-state index in [0.29, 0.717) is 28.2 Å². The van der Waals surface area contributed by atoms with E-state index in [0.717, 1.165) is 105 Å². The Hall–Kier alpha value is -10.9. The molecule has 5 heteroatoms. The number of para-hydroxylation sites is 3. The molecule has 13 aromatic carbocycles. The Morgan fingerprint density at radius 3 is 1.29 bits per heavy atom. The van der Waals surface area contributed by atoms with E-state index in [4.69, 9.17) is 5.48 Å². The van der Waals surface area contributed by atoms with Crippen LogP contribution in [0.4, 0.5) is 34.1 Å². The first-order valence-electron chi connectivity index (χ1n) is 39.5. The second kappa shape index (κ2) is 22.9. The molecule has 0 fully saturated rings. The minimum atomic E-state index is -0.585. The summed E-state index contributed by atoms with van der Waals surface area (Å²) >= 11 is 0.